The molecule has 1 aliphatic rings. The zero-order valence-corrected chi connectivity index (χ0v) is 18.7. The van der Waals surface area contributed by atoms with Gasteiger partial charge in [0.2, 0.25) is 17.6 Å². The summed E-state index contributed by atoms with van der Waals surface area (Å²) in [5.41, 5.74) is 1.29. The van der Waals surface area contributed by atoms with Crippen LogP contribution < -0.4 is 10.1 Å². The van der Waals surface area contributed by atoms with Crippen LogP contribution >= 0.6 is 12.2 Å². The number of nitrogens with zero attached hydrogens (tertiary/aromatic N) is 4. The van der Waals surface area contributed by atoms with Crippen molar-refractivity contribution in [3.05, 3.63) is 41.3 Å². The molecule has 0 saturated carbocycles. The fourth-order valence-corrected chi connectivity index (χ4v) is 3.34. The van der Waals surface area contributed by atoms with E-state index in [1.807, 2.05) is 0 Å². The van der Waals surface area contributed by atoms with Crippen molar-refractivity contribution in [2.45, 2.75) is 20.0 Å². The molecule has 1 fully saturated rings. The Balaban J connectivity index is 1.82. The first-order chi connectivity index (χ1) is 15.3. The highest BCUT2D eigenvalue weighted by Crippen LogP contribution is 2.31. The lowest BCUT2D eigenvalue weighted by Crippen LogP contribution is -2.59. The zero-order valence-electron chi connectivity index (χ0n) is 17.9. The van der Waals surface area contributed by atoms with Gasteiger partial charge < -0.3 is 10.1 Å². The molecule has 33 heavy (non-hydrogen) atoms. The maximum absolute atomic E-state index is 12.8. The number of nitrogens with one attached hydrogen (secondary N) is 1. The van der Waals surface area contributed by atoms with Crippen LogP contribution in [0.4, 0.5) is 18.9 Å². The van der Waals surface area contributed by atoms with Gasteiger partial charge in [-0.05, 0) is 49.3 Å². The standard InChI is InChI=1S/C20H18F3N5O4S/c1-9-7-11(32-12-5-6-24-18(25-12)20(21,22)23)8-10(2)14(9)26-15(29)13-16(30)27(3)19(33)28(4)17(13)31/h5-8,13H,1-4H3,(H,26,29). The summed E-state index contributed by atoms with van der Waals surface area (Å²) < 4.78 is 43.8. The Hall–Kier alpha value is -3.61. The van der Waals surface area contributed by atoms with E-state index < -0.39 is 35.6 Å². The Labute approximate surface area is 191 Å². The molecular weight excluding hydrogens is 463 g/mol. The molecule has 9 nitrogen and oxygen atoms in total. The second-order valence-corrected chi connectivity index (χ2v) is 7.61. The van der Waals surface area contributed by atoms with E-state index in [4.69, 9.17) is 17.0 Å². The molecule has 0 aliphatic carbocycles. The van der Waals surface area contributed by atoms with Gasteiger partial charge in [0.1, 0.15) is 5.75 Å². The van der Waals surface area contributed by atoms with Crippen molar-refractivity contribution in [1.29, 1.82) is 0 Å². The van der Waals surface area contributed by atoms with Crippen LogP contribution in [0.25, 0.3) is 0 Å². The molecule has 13 heteroatoms. The molecule has 2 aromatic rings. The molecule has 1 saturated heterocycles. The smallest absolute Gasteiger partial charge is 0.439 e. The molecule has 174 valence electrons. The van der Waals surface area contributed by atoms with Gasteiger partial charge in [-0.1, -0.05) is 0 Å². The minimum Gasteiger partial charge on any atom is -0.439 e. The summed E-state index contributed by atoms with van der Waals surface area (Å²) in [5, 5.41) is 2.57. The van der Waals surface area contributed by atoms with Crippen molar-refractivity contribution >= 4 is 40.7 Å². The van der Waals surface area contributed by atoms with Crippen molar-refractivity contribution in [1.82, 2.24) is 19.8 Å². The van der Waals surface area contributed by atoms with Gasteiger partial charge in [-0.3, -0.25) is 24.2 Å². The van der Waals surface area contributed by atoms with Crippen LogP contribution in [0, 0.1) is 19.8 Å². The van der Waals surface area contributed by atoms with E-state index in [-0.39, 0.29) is 16.7 Å². The number of anilines is 1. The summed E-state index contributed by atoms with van der Waals surface area (Å²) >= 11 is 5.01. The number of amides is 3. The average molecular weight is 481 g/mol. The fourth-order valence-electron chi connectivity index (χ4n) is 3.16. The van der Waals surface area contributed by atoms with Gasteiger partial charge in [0.25, 0.3) is 11.8 Å². The largest absolute Gasteiger partial charge is 0.451 e. The highest BCUT2D eigenvalue weighted by Gasteiger charge is 2.45. The Morgan fingerprint density at radius 1 is 1.12 bits per heavy atom. The summed E-state index contributed by atoms with van der Waals surface area (Å²) in [6.07, 6.45) is -3.80. The molecule has 3 amide bonds. The summed E-state index contributed by atoms with van der Waals surface area (Å²) in [6.45, 7) is 3.24. The third-order valence-electron chi connectivity index (χ3n) is 4.85. The van der Waals surface area contributed by atoms with E-state index in [0.29, 0.717) is 16.8 Å². The maximum Gasteiger partial charge on any atom is 0.451 e. The zero-order chi connectivity index (χ0) is 24.7. The quantitative estimate of drug-likeness (QED) is 0.529. The summed E-state index contributed by atoms with van der Waals surface area (Å²) in [7, 11) is 2.74. The number of thiocarbonyl (C=S) groups is 1. The molecule has 1 N–H and O–H groups in total. The fraction of sp³-hybridized carbons (Fsp3) is 0.300. The van der Waals surface area contributed by atoms with Crippen LogP contribution in [0.1, 0.15) is 17.0 Å². The van der Waals surface area contributed by atoms with Crippen LogP contribution in [0.5, 0.6) is 11.6 Å². The first kappa shape index (κ1) is 24.0. The summed E-state index contributed by atoms with van der Waals surface area (Å²) in [4.78, 5) is 46.3. The molecule has 0 unspecified atom stereocenters. The highest BCUT2D eigenvalue weighted by atomic mass is 32.1. The lowest BCUT2D eigenvalue weighted by Gasteiger charge is -2.34. The van der Waals surface area contributed by atoms with E-state index in [1.54, 1.807) is 13.8 Å². The molecule has 0 spiro atoms. The number of benzene rings is 1. The Bertz CT molecular complexity index is 1120. The average Bonchev–Trinajstić information content (AvgIpc) is 2.73. The van der Waals surface area contributed by atoms with Crippen LogP contribution in [-0.4, -0.2) is 56.7 Å². The third-order valence-corrected chi connectivity index (χ3v) is 5.40. The molecule has 3 rings (SSSR count). The number of halogens is 3. The second-order valence-electron chi connectivity index (χ2n) is 7.25. The van der Waals surface area contributed by atoms with Crippen molar-refractivity contribution in [3.63, 3.8) is 0 Å². The van der Waals surface area contributed by atoms with Crippen LogP contribution in [-0.2, 0) is 20.6 Å². The van der Waals surface area contributed by atoms with Gasteiger partial charge in [0, 0.05) is 32.0 Å². The van der Waals surface area contributed by atoms with E-state index in [0.717, 1.165) is 16.0 Å². The number of hydrogen-bond acceptors (Lipinski definition) is 7. The SMILES string of the molecule is Cc1cc(Oc2ccnc(C(F)(F)F)n2)cc(C)c1NC(=O)C1C(=O)N(C)C(=S)N(C)C1=O. The number of carbonyl (C=O) groups excluding carboxylic acids is 3. The van der Waals surface area contributed by atoms with E-state index in [1.165, 1.54) is 32.3 Å². The van der Waals surface area contributed by atoms with Crippen LogP contribution in [0.2, 0.25) is 0 Å². The Morgan fingerprint density at radius 2 is 1.67 bits per heavy atom. The molecular formula is C20H18F3N5O4S. The number of alkyl halides is 3. The Kier molecular flexibility index (Phi) is 6.36. The number of aromatic nitrogens is 2. The molecule has 1 aliphatic heterocycles. The minimum atomic E-state index is -4.72. The monoisotopic (exact) mass is 481 g/mol. The molecule has 0 atom stereocenters. The number of hydrogen-bond donors (Lipinski definition) is 1. The van der Waals surface area contributed by atoms with Crippen molar-refractivity contribution in [3.8, 4) is 11.6 Å². The summed E-state index contributed by atoms with van der Waals surface area (Å²) in [5.74, 6) is -5.42. The van der Waals surface area contributed by atoms with Gasteiger partial charge >= 0.3 is 6.18 Å². The van der Waals surface area contributed by atoms with Gasteiger partial charge in [-0.2, -0.15) is 18.2 Å². The van der Waals surface area contributed by atoms with Crippen molar-refractivity contribution in [2.75, 3.05) is 19.4 Å². The predicted molar refractivity (Wildman–Crippen MR) is 113 cm³/mol. The lowest BCUT2D eigenvalue weighted by molar-refractivity contribution is -0.149. The van der Waals surface area contributed by atoms with E-state index >= 15 is 0 Å². The molecule has 2 heterocycles. The first-order valence-corrected chi connectivity index (χ1v) is 9.81. The van der Waals surface area contributed by atoms with Gasteiger partial charge in [0.15, 0.2) is 11.0 Å². The normalized spacial score (nSPS) is 15.2. The lowest BCUT2D eigenvalue weighted by atomic mass is 10.0. The van der Waals surface area contributed by atoms with Crippen molar-refractivity contribution < 1.29 is 32.3 Å². The van der Waals surface area contributed by atoms with Crippen molar-refractivity contribution in [2.24, 2.45) is 5.92 Å². The maximum atomic E-state index is 12.8. The van der Waals surface area contributed by atoms with Gasteiger partial charge in [-0.25, -0.2) is 4.98 Å². The van der Waals surface area contributed by atoms with Crippen LogP contribution in [0.15, 0.2) is 24.4 Å². The number of aryl methyl sites for hydroxylation is 2. The molecule has 1 aromatic heterocycles. The number of rotatable bonds is 4. The van der Waals surface area contributed by atoms with E-state index in [2.05, 4.69) is 15.3 Å². The molecule has 0 bridgehead atoms. The highest BCUT2D eigenvalue weighted by molar-refractivity contribution is 7.80. The predicted octanol–water partition coefficient (Wildman–Crippen LogP) is 2.67. The first-order valence-electron chi connectivity index (χ1n) is 9.40. The topological polar surface area (TPSA) is 105 Å². The van der Waals surface area contributed by atoms with Crippen LogP contribution in [0.3, 0.4) is 0 Å². The number of ether oxygens (including phenoxy) is 1. The summed E-state index contributed by atoms with van der Waals surface area (Å²) in [6, 6.07) is 4.11. The molecule has 0 radical (unpaired) electrons. The van der Waals surface area contributed by atoms with E-state index in [9.17, 15) is 27.6 Å². The van der Waals surface area contributed by atoms with Gasteiger partial charge in [0.05, 0.1) is 0 Å². The Morgan fingerprint density at radius 3 is 2.18 bits per heavy atom. The molecule has 1 aromatic carbocycles. The minimum absolute atomic E-state index is 0.0127. The number of carbonyl (C=O) groups is 3. The third kappa shape index (κ3) is 4.77. The van der Waals surface area contributed by atoms with Gasteiger partial charge in [-0.15, -0.1) is 0 Å². The second kappa shape index (κ2) is 8.73.